The monoisotopic (exact) mass is 433 g/mol. The molecule has 0 aliphatic rings. The molecule has 2 N–H and O–H groups in total. The smallest absolute Gasteiger partial charge is 0.319 e. The minimum absolute atomic E-state index is 0.0807. The fourth-order valence-corrected chi connectivity index (χ4v) is 2.85. The summed E-state index contributed by atoms with van der Waals surface area (Å²) >= 11 is 3.29. The molecule has 2 aromatic carbocycles. The molecule has 7 heteroatoms. The molecular formula is C20H21BrFN3O2. The number of hydrogen-bond acceptors (Lipinski definition) is 2. The Morgan fingerprint density at radius 2 is 2.04 bits per heavy atom. The van der Waals surface area contributed by atoms with Crippen molar-refractivity contribution in [3.8, 4) is 0 Å². The van der Waals surface area contributed by atoms with E-state index < -0.39 is 11.8 Å². The lowest BCUT2D eigenvalue weighted by Gasteiger charge is -2.22. The van der Waals surface area contributed by atoms with Crippen LogP contribution in [0, 0.1) is 12.7 Å². The second-order valence-corrected chi connectivity index (χ2v) is 6.89. The van der Waals surface area contributed by atoms with Crippen molar-refractivity contribution in [3.05, 3.63) is 76.5 Å². The highest BCUT2D eigenvalue weighted by atomic mass is 79.9. The van der Waals surface area contributed by atoms with Crippen LogP contribution in [0.3, 0.4) is 0 Å². The highest BCUT2D eigenvalue weighted by molar-refractivity contribution is 9.10. The maximum Gasteiger partial charge on any atom is 0.319 e. The summed E-state index contributed by atoms with van der Waals surface area (Å²) in [5.74, 6) is -0.737. The third-order valence-electron chi connectivity index (χ3n) is 3.75. The summed E-state index contributed by atoms with van der Waals surface area (Å²) < 4.78 is 14.7. The Hall–Kier alpha value is -2.67. The van der Waals surface area contributed by atoms with E-state index >= 15 is 0 Å². The van der Waals surface area contributed by atoms with Crippen LogP contribution in [0.15, 0.2) is 59.6 Å². The quantitative estimate of drug-likeness (QED) is 0.641. The fourth-order valence-electron chi connectivity index (χ4n) is 2.45. The van der Waals surface area contributed by atoms with Crippen LogP contribution >= 0.6 is 15.9 Å². The molecular weight excluding hydrogens is 413 g/mol. The van der Waals surface area contributed by atoms with E-state index in [1.807, 2.05) is 25.1 Å². The Labute approximate surface area is 166 Å². The number of aryl methyl sites for hydroxylation is 1. The number of rotatable bonds is 7. The van der Waals surface area contributed by atoms with Gasteiger partial charge in [-0.25, -0.2) is 9.18 Å². The fraction of sp³-hybridized carbons (Fsp3) is 0.200. The summed E-state index contributed by atoms with van der Waals surface area (Å²) in [6, 6.07) is 11.4. The van der Waals surface area contributed by atoms with Crippen LogP contribution in [-0.2, 0) is 11.3 Å². The van der Waals surface area contributed by atoms with Crippen molar-refractivity contribution in [2.75, 3.05) is 18.4 Å². The number of halogens is 2. The lowest BCUT2D eigenvalue weighted by atomic mass is 10.2. The minimum atomic E-state index is -0.485. The maximum atomic E-state index is 14.0. The van der Waals surface area contributed by atoms with Crippen LogP contribution in [0.4, 0.5) is 14.9 Å². The van der Waals surface area contributed by atoms with Gasteiger partial charge in [-0.05, 0) is 42.8 Å². The number of hydrogen-bond donors (Lipinski definition) is 2. The Morgan fingerprint density at radius 3 is 2.74 bits per heavy atom. The molecule has 3 amide bonds. The zero-order valence-corrected chi connectivity index (χ0v) is 16.6. The van der Waals surface area contributed by atoms with Crippen molar-refractivity contribution < 1.29 is 14.0 Å². The van der Waals surface area contributed by atoms with Crippen molar-refractivity contribution in [1.82, 2.24) is 10.2 Å². The molecule has 0 saturated heterocycles. The van der Waals surface area contributed by atoms with E-state index in [1.165, 1.54) is 11.0 Å². The first-order valence-corrected chi connectivity index (χ1v) is 9.12. The van der Waals surface area contributed by atoms with Crippen LogP contribution in [0.1, 0.15) is 11.1 Å². The van der Waals surface area contributed by atoms with Gasteiger partial charge in [0.15, 0.2) is 0 Å². The van der Waals surface area contributed by atoms with Gasteiger partial charge in [0.2, 0.25) is 5.91 Å². The Bertz CT molecular complexity index is 842. The van der Waals surface area contributed by atoms with Crippen molar-refractivity contribution in [2.24, 2.45) is 0 Å². The van der Waals surface area contributed by atoms with E-state index in [4.69, 9.17) is 0 Å². The topological polar surface area (TPSA) is 61.4 Å². The summed E-state index contributed by atoms with van der Waals surface area (Å²) in [6.07, 6.45) is 1.56. The number of amides is 3. The zero-order valence-electron chi connectivity index (χ0n) is 15.0. The number of benzene rings is 2. The van der Waals surface area contributed by atoms with Crippen LogP contribution in [0.25, 0.3) is 0 Å². The lowest BCUT2D eigenvalue weighted by molar-refractivity contribution is -0.130. The summed E-state index contributed by atoms with van der Waals surface area (Å²) in [7, 11) is 0. The average Bonchev–Trinajstić information content (AvgIpc) is 2.62. The van der Waals surface area contributed by atoms with E-state index in [1.54, 1.807) is 24.3 Å². The van der Waals surface area contributed by atoms with Crippen LogP contribution < -0.4 is 10.6 Å². The number of anilines is 1. The van der Waals surface area contributed by atoms with Gasteiger partial charge in [-0.2, -0.15) is 0 Å². The second kappa shape index (κ2) is 9.87. The molecule has 2 rings (SSSR count). The highest BCUT2D eigenvalue weighted by Gasteiger charge is 2.16. The molecule has 0 aliphatic heterocycles. The number of urea groups is 1. The van der Waals surface area contributed by atoms with Crippen LogP contribution in [0.5, 0.6) is 0 Å². The first kappa shape index (κ1) is 20.6. The SMILES string of the molecule is C=CCN(Cc1cc(Br)ccc1F)C(=O)CNC(=O)Nc1cccc(C)c1. The summed E-state index contributed by atoms with van der Waals surface area (Å²) in [5.41, 5.74) is 2.03. The van der Waals surface area contributed by atoms with Crippen molar-refractivity contribution in [1.29, 1.82) is 0 Å². The Morgan fingerprint density at radius 1 is 1.26 bits per heavy atom. The molecule has 0 saturated carbocycles. The predicted octanol–water partition coefficient (Wildman–Crippen LogP) is 4.23. The molecule has 0 aliphatic carbocycles. The van der Waals surface area contributed by atoms with E-state index in [9.17, 15) is 14.0 Å². The molecule has 5 nitrogen and oxygen atoms in total. The molecule has 0 unspecified atom stereocenters. The van der Waals surface area contributed by atoms with Gasteiger partial charge in [0.05, 0.1) is 6.54 Å². The molecule has 0 atom stereocenters. The maximum absolute atomic E-state index is 14.0. The minimum Gasteiger partial charge on any atom is -0.333 e. The largest absolute Gasteiger partial charge is 0.333 e. The lowest BCUT2D eigenvalue weighted by Crippen LogP contribution is -2.41. The van der Waals surface area contributed by atoms with E-state index in [0.717, 1.165) is 10.0 Å². The van der Waals surface area contributed by atoms with E-state index in [0.29, 0.717) is 11.3 Å². The van der Waals surface area contributed by atoms with Gasteiger partial charge in [0.1, 0.15) is 5.82 Å². The summed E-state index contributed by atoms with van der Waals surface area (Å²) in [4.78, 5) is 25.9. The van der Waals surface area contributed by atoms with Gasteiger partial charge < -0.3 is 15.5 Å². The number of nitrogens with one attached hydrogen (secondary N) is 2. The molecule has 142 valence electrons. The molecule has 27 heavy (non-hydrogen) atoms. The van der Waals surface area contributed by atoms with Gasteiger partial charge >= 0.3 is 6.03 Å². The third kappa shape index (κ3) is 6.53. The van der Waals surface area contributed by atoms with Crippen molar-refractivity contribution in [3.63, 3.8) is 0 Å². The van der Waals surface area contributed by atoms with E-state index in [2.05, 4.69) is 33.1 Å². The summed E-state index contributed by atoms with van der Waals surface area (Å²) in [6.45, 7) is 5.66. The van der Waals surface area contributed by atoms with Crippen LogP contribution in [0.2, 0.25) is 0 Å². The molecule has 0 fully saturated rings. The predicted molar refractivity (Wildman–Crippen MR) is 108 cm³/mol. The Balaban J connectivity index is 1.95. The molecule has 0 aromatic heterocycles. The molecule has 0 bridgehead atoms. The average molecular weight is 434 g/mol. The third-order valence-corrected chi connectivity index (χ3v) is 4.24. The van der Waals surface area contributed by atoms with Crippen molar-refractivity contribution >= 4 is 33.6 Å². The van der Waals surface area contributed by atoms with Crippen LogP contribution in [-0.4, -0.2) is 29.9 Å². The molecule has 0 spiro atoms. The normalized spacial score (nSPS) is 10.2. The number of carbonyl (C=O) groups excluding carboxylic acids is 2. The van der Waals surface area contributed by atoms with Gasteiger partial charge in [0.25, 0.3) is 0 Å². The summed E-state index contributed by atoms with van der Waals surface area (Å²) in [5, 5.41) is 5.19. The molecule has 0 radical (unpaired) electrons. The molecule has 2 aromatic rings. The second-order valence-electron chi connectivity index (χ2n) is 5.98. The number of carbonyl (C=O) groups is 2. The first-order chi connectivity index (χ1) is 12.9. The van der Waals surface area contributed by atoms with Gasteiger partial charge in [-0.15, -0.1) is 6.58 Å². The Kier molecular flexibility index (Phi) is 7.55. The highest BCUT2D eigenvalue weighted by Crippen LogP contribution is 2.17. The number of nitrogens with zero attached hydrogens (tertiary/aromatic N) is 1. The molecule has 0 heterocycles. The van der Waals surface area contributed by atoms with Gasteiger partial charge in [-0.1, -0.05) is 34.1 Å². The standard InChI is InChI=1S/C20H21BrFN3O2/c1-3-9-25(13-15-11-16(21)7-8-18(15)22)19(26)12-23-20(27)24-17-6-4-5-14(2)10-17/h3-8,10-11H,1,9,12-13H2,2H3,(H2,23,24,27). The van der Waals surface area contributed by atoms with Crippen molar-refractivity contribution in [2.45, 2.75) is 13.5 Å². The first-order valence-electron chi connectivity index (χ1n) is 8.33. The zero-order chi connectivity index (χ0) is 19.8. The van der Waals surface area contributed by atoms with Gasteiger partial charge in [-0.3, -0.25) is 4.79 Å². The van der Waals surface area contributed by atoms with E-state index in [-0.39, 0.29) is 25.5 Å². The van der Waals surface area contributed by atoms with Gasteiger partial charge in [0, 0.05) is 28.8 Å².